The number of carbonyl (C=O) groups is 2. The van der Waals surface area contributed by atoms with Gasteiger partial charge in [-0.3, -0.25) is 9.59 Å². The predicted octanol–water partition coefficient (Wildman–Crippen LogP) is 2.84. The fraction of sp³-hybridized carbons (Fsp3) is 0.176. The normalized spacial score (nSPS) is 10.1. The van der Waals surface area contributed by atoms with Crippen molar-refractivity contribution < 1.29 is 14.7 Å². The van der Waals surface area contributed by atoms with Crippen molar-refractivity contribution in [2.45, 2.75) is 20.3 Å². The summed E-state index contributed by atoms with van der Waals surface area (Å²) in [4.78, 5) is 24.0. The molecule has 0 aliphatic rings. The highest BCUT2D eigenvalue weighted by Gasteiger charge is 2.16. The molecule has 0 aliphatic carbocycles. The highest BCUT2D eigenvalue weighted by atomic mass is 16.3. The van der Waals surface area contributed by atoms with Crippen LogP contribution >= 0.6 is 0 Å². The number of nitrogens with one attached hydrogen (secondary N) is 2. The first-order valence-corrected chi connectivity index (χ1v) is 7.01. The Labute approximate surface area is 129 Å². The van der Waals surface area contributed by atoms with Crippen LogP contribution in [0.4, 0.5) is 11.4 Å². The van der Waals surface area contributed by atoms with Gasteiger partial charge in [-0.15, -0.1) is 0 Å². The maximum Gasteiger partial charge on any atom is 0.314 e. The Morgan fingerprint density at radius 3 is 2.27 bits per heavy atom. The third-order valence-corrected chi connectivity index (χ3v) is 3.31. The summed E-state index contributed by atoms with van der Waals surface area (Å²) in [5, 5.41) is 14.5. The van der Waals surface area contributed by atoms with Crippen LogP contribution in [0.5, 0.6) is 5.75 Å². The van der Waals surface area contributed by atoms with Crippen LogP contribution in [0, 0.1) is 6.92 Å². The van der Waals surface area contributed by atoms with Gasteiger partial charge in [0.2, 0.25) is 0 Å². The summed E-state index contributed by atoms with van der Waals surface area (Å²) >= 11 is 0. The summed E-state index contributed by atoms with van der Waals surface area (Å²) in [5.41, 5.74) is 2.76. The number of aromatic hydroxyl groups is 1. The molecule has 3 N–H and O–H groups in total. The van der Waals surface area contributed by atoms with Gasteiger partial charge in [-0.25, -0.2) is 0 Å². The van der Waals surface area contributed by atoms with Crippen LogP contribution in [0.25, 0.3) is 0 Å². The molecule has 0 saturated carbocycles. The van der Waals surface area contributed by atoms with Gasteiger partial charge in [-0.05, 0) is 48.7 Å². The number of hydrogen-bond donors (Lipinski definition) is 3. The van der Waals surface area contributed by atoms with Gasteiger partial charge in [-0.1, -0.05) is 25.1 Å². The molecule has 114 valence electrons. The van der Waals surface area contributed by atoms with Crippen LogP contribution in [0.3, 0.4) is 0 Å². The van der Waals surface area contributed by atoms with Gasteiger partial charge < -0.3 is 15.7 Å². The van der Waals surface area contributed by atoms with E-state index in [1.807, 2.05) is 19.1 Å². The average molecular weight is 298 g/mol. The molecule has 0 radical (unpaired) electrons. The van der Waals surface area contributed by atoms with E-state index in [4.69, 9.17) is 0 Å². The summed E-state index contributed by atoms with van der Waals surface area (Å²) in [6.45, 7) is 3.71. The largest absolute Gasteiger partial charge is 0.508 e. The summed E-state index contributed by atoms with van der Waals surface area (Å²) in [6.07, 6.45) is 0.759. The lowest BCUT2D eigenvalue weighted by Crippen LogP contribution is -2.29. The molecule has 2 amide bonds. The lowest BCUT2D eigenvalue weighted by atomic mass is 10.1. The van der Waals surface area contributed by atoms with Crippen molar-refractivity contribution in [2.24, 2.45) is 0 Å². The zero-order chi connectivity index (χ0) is 16.1. The van der Waals surface area contributed by atoms with E-state index in [2.05, 4.69) is 10.6 Å². The zero-order valence-electron chi connectivity index (χ0n) is 12.5. The topological polar surface area (TPSA) is 78.4 Å². The first kappa shape index (κ1) is 15.6. The van der Waals surface area contributed by atoms with E-state index in [0.717, 1.165) is 12.0 Å². The minimum Gasteiger partial charge on any atom is -0.508 e. The number of anilines is 2. The number of carbonyl (C=O) groups excluding carboxylic acids is 2. The van der Waals surface area contributed by atoms with Crippen molar-refractivity contribution in [3.05, 3.63) is 53.6 Å². The molecule has 0 fully saturated rings. The van der Waals surface area contributed by atoms with E-state index in [0.29, 0.717) is 16.9 Å². The van der Waals surface area contributed by atoms with Crippen LogP contribution in [-0.2, 0) is 16.0 Å². The summed E-state index contributed by atoms with van der Waals surface area (Å²) < 4.78 is 0. The van der Waals surface area contributed by atoms with Crippen molar-refractivity contribution >= 4 is 23.2 Å². The average Bonchev–Trinajstić information content (AvgIpc) is 2.50. The van der Waals surface area contributed by atoms with Crippen LogP contribution in [0.1, 0.15) is 18.1 Å². The van der Waals surface area contributed by atoms with Crippen LogP contribution in [0.15, 0.2) is 42.5 Å². The summed E-state index contributed by atoms with van der Waals surface area (Å²) in [6, 6.07) is 11.9. The van der Waals surface area contributed by atoms with Crippen molar-refractivity contribution in [1.29, 1.82) is 0 Å². The third kappa shape index (κ3) is 3.63. The second-order valence-corrected chi connectivity index (χ2v) is 4.92. The molecule has 0 aliphatic heterocycles. The molecule has 0 saturated heterocycles. The van der Waals surface area contributed by atoms with Gasteiger partial charge in [0, 0.05) is 11.4 Å². The van der Waals surface area contributed by atoms with Crippen molar-refractivity contribution in [3.8, 4) is 5.75 Å². The van der Waals surface area contributed by atoms with Gasteiger partial charge in [0.05, 0.1) is 0 Å². The molecule has 0 heterocycles. The second kappa shape index (κ2) is 6.76. The molecule has 5 heteroatoms. The molecule has 2 aromatic rings. The fourth-order valence-electron chi connectivity index (χ4n) is 2.10. The molecule has 22 heavy (non-hydrogen) atoms. The molecular weight excluding hydrogens is 280 g/mol. The number of amides is 2. The van der Waals surface area contributed by atoms with Gasteiger partial charge in [-0.2, -0.15) is 0 Å². The summed E-state index contributed by atoms with van der Waals surface area (Å²) in [7, 11) is 0. The first-order chi connectivity index (χ1) is 10.5. The van der Waals surface area contributed by atoms with Crippen molar-refractivity contribution in [3.63, 3.8) is 0 Å². The molecule has 2 rings (SSSR count). The molecule has 0 spiro atoms. The van der Waals surface area contributed by atoms with Crippen LogP contribution in [0.2, 0.25) is 0 Å². The zero-order valence-corrected chi connectivity index (χ0v) is 12.5. The Morgan fingerprint density at radius 2 is 1.64 bits per heavy atom. The van der Waals surface area contributed by atoms with E-state index < -0.39 is 11.8 Å². The minimum absolute atomic E-state index is 0.108. The number of rotatable bonds is 3. The SMILES string of the molecule is CCc1ccccc1NC(=O)C(=O)Nc1ccc(O)cc1C. The van der Waals surface area contributed by atoms with Crippen molar-refractivity contribution in [1.82, 2.24) is 0 Å². The lowest BCUT2D eigenvalue weighted by Gasteiger charge is -2.11. The molecule has 0 atom stereocenters. The van der Waals surface area contributed by atoms with Gasteiger partial charge >= 0.3 is 11.8 Å². The van der Waals surface area contributed by atoms with Crippen molar-refractivity contribution in [2.75, 3.05) is 10.6 Å². The highest BCUT2D eigenvalue weighted by molar-refractivity contribution is 6.43. The number of para-hydroxylation sites is 1. The number of phenols is 1. The molecule has 2 aromatic carbocycles. The second-order valence-electron chi connectivity index (χ2n) is 4.92. The maximum atomic E-state index is 12.0. The monoisotopic (exact) mass is 298 g/mol. The van der Waals surface area contributed by atoms with E-state index in [1.165, 1.54) is 12.1 Å². The van der Waals surface area contributed by atoms with Crippen LogP contribution in [-0.4, -0.2) is 16.9 Å². The first-order valence-electron chi connectivity index (χ1n) is 7.01. The third-order valence-electron chi connectivity index (χ3n) is 3.31. The maximum absolute atomic E-state index is 12.0. The van der Waals surface area contributed by atoms with Gasteiger partial charge in [0.1, 0.15) is 5.75 Å². The smallest absolute Gasteiger partial charge is 0.314 e. The summed E-state index contributed by atoms with van der Waals surface area (Å²) in [5.74, 6) is -1.37. The Bertz CT molecular complexity index is 711. The predicted molar refractivity (Wildman–Crippen MR) is 85.9 cm³/mol. The Balaban J connectivity index is 2.08. The van der Waals surface area contributed by atoms with Gasteiger partial charge in [0.15, 0.2) is 0 Å². The number of aryl methyl sites for hydroxylation is 2. The van der Waals surface area contributed by atoms with E-state index >= 15 is 0 Å². The molecule has 0 unspecified atom stereocenters. The quantitative estimate of drug-likeness (QED) is 0.602. The Kier molecular flexibility index (Phi) is 4.78. The Hall–Kier alpha value is -2.82. The molecule has 0 bridgehead atoms. The highest BCUT2D eigenvalue weighted by Crippen LogP contribution is 2.20. The van der Waals surface area contributed by atoms with Crippen LogP contribution < -0.4 is 10.6 Å². The number of hydrogen-bond acceptors (Lipinski definition) is 3. The lowest BCUT2D eigenvalue weighted by molar-refractivity contribution is -0.133. The fourth-order valence-corrected chi connectivity index (χ4v) is 2.10. The molecular formula is C17H18N2O3. The Morgan fingerprint density at radius 1 is 1.00 bits per heavy atom. The van der Waals surface area contributed by atoms with E-state index in [1.54, 1.807) is 25.1 Å². The number of phenolic OH excluding ortho intramolecular Hbond substituents is 1. The molecule has 5 nitrogen and oxygen atoms in total. The standard InChI is InChI=1S/C17H18N2O3/c1-3-12-6-4-5-7-15(12)19-17(22)16(21)18-14-9-8-13(20)10-11(14)2/h4-10,20H,3H2,1-2H3,(H,18,21)(H,19,22). The van der Waals surface area contributed by atoms with Gasteiger partial charge in [0.25, 0.3) is 0 Å². The number of benzene rings is 2. The minimum atomic E-state index is -0.750. The molecule has 0 aromatic heterocycles. The van der Waals surface area contributed by atoms with E-state index in [-0.39, 0.29) is 5.75 Å². The van der Waals surface area contributed by atoms with E-state index in [9.17, 15) is 14.7 Å².